The summed E-state index contributed by atoms with van der Waals surface area (Å²) in [7, 11) is 0. The van der Waals surface area contributed by atoms with E-state index in [0.29, 0.717) is 17.8 Å². The number of para-hydroxylation sites is 1. The lowest BCUT2D eigenvalue weighted by Gasteiger charge is -2.44. The number of ether oxygens (including phenoxy) is 2. The molecule has 1 aliphatic heterocycles. The van der Waals surface area contributed by atoms with E-state index in [1.807, 2.05) is 42.5 Å². The minimum absolute atomic E-state index is 0.107. The van der Waals surface area contributed by atoms with Gasteiger partial charge in [0, 0.05) is 16.0 Å². The van der Waals surface area contributed by atoms with Gasteiger partial charge in [-0.15, -0.1) is 0 Å². The van der Waals surface area contributed by atoms with Gasteiger partial charge in [0.15, 0.2) is 0 Å². The van der Waals surface area contributed by atoms with Crippen LogP contribution >= 0.6 is 15.9 Å². The molecule has 1 aliphatic carbocycles. The highest BCUT2D eigenvalue weighted by Crippen LogP contribution is 2.56. The summed E-state index contributed by atoms with van der Waals surface area (Å²) in [5, 5.41) is 5.98. The number of anilines is 1. The molecule has 2 aromatic rings. The van der Waals surface area contributed by atoms with E-state index in [9.17, 15) is 14.4 Å². The highest BCUT2D eigenvalue weighted by atomic mass is 79.9. The Labute approximate surface area is 212 Å². The smallest absolute Gasteiger partial charge is 0.334 e. The maximum atomic E-state index is 14.4. The summed E-state index contributed by atoms with van der Waals surface area (Å²) in [6, 6.07) is 16.7. The molecule has 1 amide bonds. The summed E-state index contributed by atoms with van der Waals surface area (Å²) in [6.07, 6.45) is 2.06. The first-order chi connectivity index (χ1) is 16.9. The lowest BCUT2D eigenvalue weighted by molar-refractivity contribution is -0.156. The van der Waals surface area contributed by atoms with Crippen molar-refractivity contribution in [2.24, 2.45) is 16.4 Å². The molecule has 182 valence electrons. The van der Waals surface area contributed by atoms with Crippen molar-refractivity contribution in [1.29, 1.82) is 0 Å². The van der Waals surface area contributed by atoms with E-state index in [-0.39, 0.29) is 24.7 Å². The second-order valence-electron chi connectivity index (χ2n) is 8.42. The van der Waals surface area contributed by atoms with Crippen LogP contribution in [0.5, 0.6) is 0 Å². The summed E-state index contributed by atoms with van der Waals surface area (Å²) < 4.78 is 11.6. The molecule has 0 aromatic heterocycles. The van der Waals surface area contributed by atoms with Gasteiger partial charge in [0.1, 0.15) is 11.3 Å². The molecule has 0 fully saturated rings. The van der Waals surface area contributed by atoms with E-state index >= 15 is 0 Å². The van der Waals surface area contributed by atoms with Crippen molar-refractivity contribution in [2.45, 2.75) is 33.1 Å². The number of allylic oxidation sites excluding steroid dienone is 1. The van der Waals surface area contributed by atoms with E-state index in [1.165, 1.54) is 5.01 Å². The number of rotatable bonds is 6. The van der Waals surface area contributed by atoms with E-state index in [1.54, 1.807) is 39.0 Å². The summed E-state index contributed by atoms with van der Waals surface area (Å²) >= 11 is 3.52. The molecule has 0 saturated heterocycles. The third-order valence-electron chi connectivity index (χ3n) is 6.57. The fourth-order valence-electron chi connectivity index (χ4n) is 5.16. The Hall–Kier alpha value is -3.26. The molecule has 1 heterocycles. The highest BCUT2D eigenvalue weighted by Gasteiger charge is 2.65. The Morgan fingerprint density at radius 2 is 1.80 bits per heavy atom. The fourth-order valence-corrected chi connectivity index (χ4v) is 5.57. The molecule has 0 bridgehead atoms. The zero-order valence-corrected chi connectivity index (χ0v) is 21.4. The van der Waals surface area contributed by atoms with Gasteiger partial charge in [-0.2, -0.15) is 10.1 Å². The number of halogens is 1. The van der Waals surface area contributed by atoms with Crippen LogP contribution in [-0.4, -0.2) is 36.8 Å². The average molecular weight is 539 g/mol. The zero-order valence-electron chi connectivity index (χ0n) is 19.9. The van der Waals surface area contributed by atoms with Gasteiger partial charge in [0.25, 0.3) is 5.91 Å². The highest BCUT2D eigenvalue weighted by molar-refractivity contribution is 9.10. The van der Waals surface area contributed by atoms with Crippen LogP contribution in [0.25, 0.3) is 0 Å². The first-order valence-corrected chi connectivity index (χ1v) is 12.4. The van der Waals surface area contributed by atoms with Gasteiger partial charge in [0.05, 0.1) is 24.6 Å². The van der Waals surface area contributed by atoms with Gasteiger partial charge in [-0.3, -0.25) is 9.59 Å². The van der Waals surface area contributed by atoms with Crippen LogP contribution in [0.4, 0.5) is 5.69 Å². The number of amides is 1. The number of carbonyl (C=O) groups excluding carboxylic acids is 3. The summed E-state index contributed by atoms with van der Waals surface area (Å²) in [5.41, 5.74) is 0.556. The molecule has 0 saturated carbocycles. The third kappa shape index (κ3) is 4.20. The van der Waals surface area contributed by atoms with Crippen LogP contribution in [0.2, 0.25) is 0 Å². The van der Waals surface area contributed by atoms with E-state index in [2.05, 4.69) is 21.0 Å². The molecular formula is C27H27BrN2O5. The number of hydrazone groups is 1. The Morgan fingerprint density at radius 3 is 2.46 bits per heavy atom. The zero-order chi connectivity index (χ0) is 25.2. The molecule has 3 atom stereocenters. The average Bonchev–Trinajstić information content (AvgIpc) is 3.10. The molecule has 0 N–H and O–H groups in total. The van der Waals surface area contributed by atoms with E-state index in [4.69, 9.17) is 9.47 Å². The normalized spacial score (nSPS) is 23.7. The van der Waals surface area contributed by atoms with Crippen molar-refractivity contribution < 1.29 is 23.9 Å². The van der Waals surface area contributed by atoms with Crippen LogP contribution in [-0.2, 0) is 23.9 Å². The third-order valence-corrected chi connectivity index (χ3v) is 7.06. The van der Waals surface area contributed by atoms with Gasteiger partial charge in [0.2, 0.25) is 0 Å². The number of hydrogen-bond donors (Lipinski definition) is 0. The minimum Gasteiger partial charge on any atom is -0.465 e. The molecule has 7 nitrogen and oxygen atoms in total. The van der Waals surface area contributed by atoms with Crippen molar-refractivity contribution in [1.82, 2.24) is 0 Å². The van der Waals surface area contributed by atoms with Crippen LogP contribution in [0.15, 0.2) is 75.8 Å². The molecule has 0 unspecified atom stereocenters. The minimum atomic E-state index is -1.46. The van der Waals surface area contributed by atoms with Crippen molar-refractivity contribution in [3.8, 4) is 0 Å². The van der Waals surface area contributed by atoms with Crippen LogP contribution in [0, 0.1) is 11.3 Å². The lowest BCUT2D eigenvalue weighted by Crippen LogP contribution is -2.55. The molecule has 4 rings (SSSR count). The van der Waals surface area contributed by atoms with E-state index < -0.39 is 29.2 Å². The Balaban J connectivity index is 1.97. The summed E-state index contributed by atoms with van der Waals surface area (Å²) in [4.78, 5) is 41.0. The predicted octanol–water partition coefficient (Wildman–Crippen LogP) is 5.01. The molecule has 2 aliphatic rings. The number of hydrogen-bond acceptors (Lipinski definition) is 6. The van der Waals surface area contributed by atoms with Crippen molar-refractivity contribution >= 4 is 45.2 Å². The van der Waals surface area contributed by atoms with Gasteiger partial charge >= 0.3 is 11.9 Å². The number of nitrogens with zero attached hydrogens (tertiary/aromatic N) is 2. The maximum absolute atomic E-state index is 14.4. The standard InChI is InChI=1S/C27H27BrN2O5/c1-4-34-24(31)21-14-15-22(18-10-9-11-19(28)16-18)27(23(21)25(32)35-5-2)17(3)29-30(26(27)33)20-12-7-6-8-13-20/h6-14,16,22-23H,4-5,15H2,1-3H3/t22-,23+,27+/m1/s1. The summed E-state index contributed by atoms with van der Waals surface area (Å²) in [6.45, 7) is 5.39. The molecular weight excluding hydrogens is 512 g/mol. The molecule has 0 radical (unpaired) electrons. The second kappa shape index (κ2) is 10.2. The van der Waals surface area contributed by atoms with Gasteiger partial charge in [-0.25, -0.2) is 4.79 Å². The maximum Gasteiger partial charge on any atom is 0.334 e. The summed E-state index contributed by atoms with van der Waals surface area (Å²) in [5.74, 6) is -3.32. The van der Waals surface area contributed by atoms with E-state index in [0.717, 1.165) is 10.0 Å². The van der Waals surface area contributed by atoms with Gasteiger partial charge in [-0.1, -0.05) is 52.3 Å². The van der Waals surface area contributed by atoms with Crippen LogP contribution in [0.1, 0.15) is 38.7 Å². The van der Waals surface area contributed by atoms with Crippen LogP contribution < -0.4 is 5.01 Å². The predicted molar refractivity (Wildman–Crippen MR) is 136 cm³/mol. The van der Waals surface area contributed by atoms with Crippen LogP contribution in [0.3, 0.4) is 0 Å². The number of benzene rings is 2. The van der Waals surface area contributed by atoms with Gasteiger partial charge in [-0.05, 0) is 57.0 Å². The lowest BCUT2D eigenvalue weighted by atomic mass is 9.55. The molecule has 35 heavy (non-hydrogen) atoms. The number of carbonyl (C=O) groups is 3. The Bertz CT molecular complexity index is 1210. The topological polar surface area (TPSA) is 85.3 Å². The first-order valence-electron chi connectivity index (χ1n) is 11.6. The molecule has 8 heteroatoms. The van der Waals surface area contributed by atoms with Crippen molar-refractivity contribution in [3.05, 3.63) is 76.3 Å². The SMILES string of the molecule is CCOC(=O)C1=CC[C@H](c2cccc(Br)c2)[C@]2(C(=O)N(c3ccccc3)N=C2C)[C@@H]1C(=O)OCC. The first kappa shape index (κ1) is 24.9. The Morgan fingerprint density at radius 1 is 1.09 bits per heavy atom. The monoisotopic (exact) mass is 538 g/mol. The largest absolute Gasteiger partial charge is 0.465 e. The Kier molecular flexibility index (Phi) is 7.21. The second-order valence-corrected chi connectivity index (χ2v) is 9.33. The quantitative estimate of drug-likeness (QED) is 0.482. The van der Waals surface area contributed by atoms with Crippen molar-refractivity contribution in [3.63, 3.8) is 0 Å². The fraction of sp³-hybridized carbons (Fsp3) is 0.333. The molecule has 2 aromatic carbocycles. The van der Waals surface area contributed by atoms with Crippen molar-refractivity contribution in [2.75, 3.05) is 18.2 Å². The van der Waals surface area contributed by atoms with Gasteiger partial charge < -0.3 is 9.47 Å². The number of esters is 2. The molecule has 1 spiro atoms.